The summed E-state index contributed by atoms with van der Waals surface area (Å²) in [7, 11) is 0. The first-order valence-electron chi connectivity index (χ1n) is 7.88. The molecule has 0 saturated carbocycles. The molecule has 8 heteroatoms. The first kappa shape index (κ1) is 16.3. The third-order valence-corrected chi connectivity index (χ3v) is 4.31. The monoisotopic (exact) mass is 358 g/mol. The molecule has 2 aromatic heterocycles. The van der Waals surface area contributed by atoms with Gasteiger partial charge in [0.05, 0.1) is 11.3 Å². The molecule has 0 bridgehead atoms. The van der Waals surface area contributed by atoms with Gasteiger partial charge in [-0.1, -0.05) is 12.1 Å². The number of carbonyl (C=O) groups excluding carboxylic acids is 1. The normalized spacial score (nSPS) is 16.9. The first-order valence-corrected chi connectivity index (χ1v) is 7.88. The van der Waals surface area contributed by atoms with Crippen LogP contribution in [0.15, 0.2) is 55.1 Å². The summed E-state index contributed by atoms with van der Waals surface area (Å²) >= 11 is 0. The predicted molar refractivity (Wildman–Crippen MR) is 87.9 cm³/mol. The van der Waals surface area contributed by atoms with Gasteiger partial charge in [-0.15, -0.1) is 0 Å². The number of halogens is 3. The van der Waals surface area contributed by atoms with Crippen molar-refractivity contribution in [1.82, 2.24) is 14.5 Å². The highest BCUT2D eigenvalue weighted by Crippen LogP contribution is 2.37. The number of alkyl halides is 3. The Bertz CT molecular complexity index is 966. The molecule has 5 nitrogen and oxygen atoms in total. The van der Waals surface area contributed by atoms with Gasteiger partial charge in [-0.25, -0.2) is 4.98 Å². The zero-order chi connectivity index (χ0) is 18.3. The van der Waals surface area contributed by atoms with Gasteiger partial charge in [0.1, 0.15) is 12.1 Å². The van der Waals surface area contributed by atoms with Crippen LogP contribution in [0.1, 0.15) is 29.2 Å². The van der Waals surface area contributed by atoms with Crippen molar-refractivity contribution in [3.05, 3.63) is 71.9 Å². The zero-order valence-electron chi connectivity index (χ0n) is 13.4. The maximum absolute atomic E-state index is 13.0. The third kappa shape index (κ3) is 2.83. The topological polar surface area (TPSA) is 59.8 Å². The van der Waals surface area contributed by atoms with Gasteiger partial charge >= 0.3 is 6.18 Å². The van der Waals surface area contributed by atoms with E-state index < -0.39 is 11.7 Å². The molecule has 1 atom stereocenters. The largest absolute Gasteiger partial charge is 0.416 e. The summed E-state index contributed by atoms with van der Waals surface area (Å²) in [6.45, 7) is 0. The number of aromatic nitrogens is 3. The van der Waals surface area contributed by atoms with Crippen molar-refractivity contribution in [2.45, 2.75) is 18.5 Å². The Hall–Kier alpha value is -3.16. The molecule has 26 heavy (non-hydrogen) atoms. The number of fused-ring (bicyclic) bond motifs is 1. The van der Waals surface area contributed by atoms with E-state index in [1.54, 1.807) is 18.5 Å². The van der Waals surface area contributed by atoms with Gasteiger partial charge in [0.25, 0.3) is 0 Å². The Morgan fingerprint density at radius 3 is 2.77 bits per heavy atom. The minimum atomic E-state index is -4.45. The lowest BCUT2D eigenvalue weighted by atomic mass is 9.91. The van der Waals surface area contributed by atoms with Gasteiger partial charge in [0, 0.05) is 30.4 Å². The summed E-state index contributed by atoms with van der Waals surface area (Å²) in [6, 6.07) is 8.52. The number of imidazole rings is 1. The fraction of sp³-hybridized carbons (Fsp3) is 0.167. The van der Waals surface area contributed by atoms with Crippen LogP contribution in [-0.4, -0.2) is 20.4 Å². The van der Waals surface area contributed by atoms with Crippen molar-refractivity contribution in [3.8, 4) is 5.69 Å². The number of amides is 1. The van der Waals surface area contributed by atoms with E-state index in [2.05, 4.69) is 15.3 Å². The molecule has 1 aromatic carbocycles. The van der Waals surface area contributed by atoms with E-state index in [0.29, 0.717) is 11.5 Å². The van der Waals surface area contributed by atoms with Gasteiger partial charge in [0.2, 0.25) is 5.91 Å². The molecule has 132 valence electrons. The van der Waals surface area contributed by atoms with Gasteiger partial charge in [-0.05, 0) is 29.8 Å². The van der Waals surface area contributed by atoms with Crippen LogP contribution in [-0.2, 0) is 11.0 Å². The fourth-order valence-electron chi connectivity index (χ4n) is 3.09. The van der Waals surface area contributed by atoms with Crippen molar-refractivity contribution in [2.75, 3.05) is 5.32 Å². The lowest BCUT2D eigenvalue weighted by Crippen LogP contribution is -2.25. The predicted octanol–water partition coefficient (Wildman–Crippen LogP) is 3.76. The third-order valence-electron chi connectivity index (χ3n) is 4.31. The molecule has 0 spiro atoms. The van der Waals surface area contributed by atoms with Crippen molar-refractivity contribution < 1.29 is 18.0 Å². The number of anilines is 1. The van der Waals surface area contributed by atoms with Gasteiger partial charge in [0.15, 0.2) is 0 Å². The number of hydrogen-bond acceptors (Lipinski definition) is 3. The Morgan fingerprint density at radius 1 is 1.19 bits per heavy atom. The standard InChI is InChI=1S/C18H13F3N4O/c19-18(20,21)12-4-1-5-13(7-12)25-10-23-16-14(8-15(26)24-17(16)25)11-3-2-6-22-9-11/h1-7,9-10,14H,8H2,(H,24,26). The van der Waals surface area contributed by atoms with Crippen molar-refractivity contribution in [2.24, 2.45) is 0 Å². The quantitative estimate of drug-likeness (QED) is 0.759. The van der Waals surface area contributed by atoms with E-state index in [9.17, 15) is 18.0 Å². The Morgan fingerprint density at radius 2 is 2.04 bits per heavy atom. The minimum Gasteiger partial charge on any atom is -0.310 e. The minimum absolute atomic E-state index is 0.207. The second kappa shape index (κ2) is 5.98. The molecule has 3 aromatic rings. The van der Waals surface area contributed by atoms with Crippen LogP contribution < -0.4 is 5.32 Å². The SMILES string of the molecule is O=C1CC(c2cccnc2)c2ncn(-c3cccc(C(F)(F)F)c3)c2N1. The molecular formula is C18H13F3N4O. The smallest absolute Gasteiger partial charge is 0.310 e. The molecule has 0 aliphatic carbocycles. The van der Waals surface area contributed by atoms with Gasteiger partial charge < -0.3 is 5.32 Å². The lowest BCUT2D eigenvalue weighted by Gasteiger charge is -2.23. The Labute approximate surface area is 146 Å². The number of pyridine rings is 1. The lowest BCUT2D eigenvalue weighted by molar-refractivity contribution is -0.137. The molecule has 0 fully saturated rings. The molecule has 1 N–H and O–H groups in total. The maximum atomic E-state index is 13.0. The van der Waals surface area contributed by atoms with Crippen LogP contribution in [0.2, 0.25) is 0 Å². The Kier molecular flexibility index (Phi) is 3.75. The van der Waals surface area contributed by atoms with Crippen molar-refractivity contribution in [3.63, 3.8) is 0 Å². The van der Waals surface area contributed by atoms with E-state index >= 15 is 0 Å². The molecular weight excluding hydrogens is 345 g/mol. The van der Waals surface area contributed by atoms with Crippen LogP contribution in [0.3, 0.4) is 0 Å². The highest BCUT2D eigenvalue weighted by Gasteiger charge is 2.33. The summed E-state index contributed by atoms with van der Waals surface area (Å²) in [5.41, 5.74) is 0.956. The average Bonchev–Trinajstić information content (AvgIpc) is 3.05. The summed E-state index contributed by atoms with van der Waals surface area (Å²) in [5, 5.41) is 2.72. The number of nitrogens with one attached hydrogen (secondary N) is 1. The number of benzene rings is 1. The highest BCUT2D eigenvalue weighted by molar-refractivity contribution is 5.94. The fourth-order valence-corrected chi connectivity index (χ4v) is 3.09. The number of hydrogen-bond donors (Lipinski definition) is 1. The summed E-state index contributed by atoms with van der Waals surface area (Å²) in [6.07, 6.45) is 0.483. The van der Waals surface area contributed by atoms with Gasteiger partial charge in [-0.2, -0.15) is 13.2 Å². The molecule has 1 aliphatic rings. The van der Waals surface area contributed by atoms with Crippen LogP contribution in [0, 0.1) is 0 Å². The highest BCUT2D eigenvalue weighted by atomic mass is 19.4. The molecule has 4 rings (SSSR count). The van der Waals surface area contributed by atoms with Crippen LogP contribution in [0.4, 0.5) is 19.0 Å². The number of nitrogens with zero attached hydrogens (tertiary/aromatic N) is 3. The first-order chi connectivity index (χ1) is 12.4. The van der Waals surface area contributed by atoms with Crippen molar-refractivity contribution >= 4 is 11.7 Å². The number of carbonyl (C=O) groups is 1. The van der Waals surface area contributed by atoms with E-state index in [0.717, 1.165) is 17.7 Å². The molecule has 0 radical (unpaired) electrons. The van der Waals surface area contributed by atoms with Crippen LogP contribution in [0.5, 0.6) is 0 Å². The second-order valence-electron chi connectivity index (χ2n) is 5.99. The summed E-state index contributed by atoms with van der Waals surface area (Å²) in [5.74, 6) is -0.131. The van der Waals surface area contributed by atoms with E-state index in [4.69, 9.17) is 0 Å². The Balaban J connectivity index is 1.80. The van der Waals surface area contributed by atoms with Gasteiger partial charge in [-0.3, -0.25) is 14.3 Å². The van der Waals surface area contributed by atoms with Crippen LogP contribution in [0.25, 0.3) is 5.69 Å². The van der Waals surface area contributed by atoms with Crippen LogP contribution >= 0.6 is 0 Å². The molecule has 3 heterocycles. The van der Waals surface area contributed by atoms with E-state index in [-0.39, 0.29) is 23.9 Å². The maximum Gasteiger partial charge on any atom is 0.416 e. The second-order valence-corrected chi connectivity index (χ2v) is 5.99. The zero-order valence-corrected chi connectivity index (χ0v) is 13.4. The molecule has 1 amide bonds. The molecule has 1 aliphatic heterocycles. The number of rotatable bonds is 2. The van der Waals surface area contributed by atoms with E-state index in [1.807, 2.05) is 6.07 Å². The summed E-state index contributed by atoms with van der Waals surface area (Å²) in [4.78, 5) is 20.6. The average molecular weight is 358 g/mol. The van der Waals surface area contributed by atoms with Crippen molar-refractivity contribution in [1.29, 1.82) is 0 Å². The molecule has 1 unspecified atom stereocenters. The van der Waals surface area contributed by atoms with E-state index in [1.165, 1.54) is 23.0 Å². The summed E-state index contributed by atoms with van der Waals surface area (Å²) < 4.78 is 40.4. The molecule has 0 saturated heterocycles.